The van der Waals surface area contributed by atoms with Crippen LogP contribution in [0, 0.1) is 0 Å². The number of hydrogen-bond donors (Lipinski definition) is 2. The normalized spacial score (nSPS) is 14.0. The van der Waals surface area contributed by atoms with Crippen molar-refractivity contribution in [2.45, 2.75) is 13.1 Å². The highest BCUT2D eigenvalue weighted by Crippen LogP contribution is 2.21. The number of fused-ring (bicyclic) bond motifs is 1. The number of rotatable bonds is 1. The molecule has 0 fully saturated rings. The first-order chi connectivity index (χ1) is 6.25. The first-order valence-corrected chi connectivity index (χ1v) is 4.17. The summed E-state index contributed by atoms with van der Waals surface area (Å²) in [6.45, 7) is 1.60. The van der Waals surface area contributed by atoms with Crippen molar-refractivity contribution in [1.29, 1.82) is 0 Å². The zero-order chi connectivity index (χ0) is 9.26. The standard InChI is InChI=1S/C9H12N4/c10-9(11)12-13-5-7-3-1-2-4-8(7)6-13/h1-4H,5-6H2,(H4,10,11,12). The van der Waals surface area contributed by atoms with Crippen LogP contribution in [0.2, 0.25) is 0 Å². The van der Waals surface area contributed by atoms with E-state index in [1.165, 1.54) is 11.1 Å². The molecule has 4 nitrogen and oxygen atoms in total. The van der Waals surface area contributed by atoms with Crippen molar-refractivity contribution in [2.75, 3.05) is 0 Å². The Labute approximate surface area is 76.8 Å². The van der Waals surface area contributed by atoms with E-state index in [0.717, 1.165) is 13.1 Å². The van der Waals surface area contributed by atoms with Gasteiger partial charge in [-0.3, -0.25) is 5.01 Å². The monoisotopic (exact) mass is 176 g/mol. The minimum Gasteiger partial charge on any atom is -0.369 e. The maximum Gasteiger partial charge on any atom is 0.208 e. The fraction of sp³-hybridized carbons (Fsp3) is 0.222. The summed E-state index contributed by atoms with van der Waals surface area (Å²) >= 11 is 0. The van der Waals surface area contributed by atoms with Gasteiger partial charge < -0.3 is 11.5 Å². The van der Waals surface area contributed by atoms with E-state index >= 15 is 0 Å². The molecule has 0 unspecified atom stereocenters. The van der Waals surface area contributed by atoms with Crippen molar-refractivity contribution in [3.05, 3.63) is 35.4 Å². The van der Waals surface area contributed by atoms with E-state index in [2.05, 4.69) is 17.2 Å². The van der Waals surface area contributed by atoms with Crippen LogP contribution in [0.15, 0.2) is 29.4 Å². The Bertz CT molecular complexity index is 316. The molecule has 0 aliphatic carbocycles. The second-order valence-corrected chi connectivity index (χ2v) is 3.12. The Morgan fingerprint density at radius 2 is 1.69 bits per heavy atom. The molecule has 13 heavy (non-hydrogen) atoms. The Balaban J connectivity index is 2.18. The molecule has 0 amide bonds. The Morgan fingerprint density at radius 1 is 1.15 bits per heavy atom. The van der Waals surface area contributed by atoms with Gasteiger partial charge in [0.05, 0.1) is 13.1 Å². The summed E-state index contributed by atoms with van der Waals surface area (Å²) < 4.78 is 0. The van der Waals surface area contributed by atoms with Gasteiger partial charge in [0.1, 0.15) is 0 Å². The Kier molecular flexibility index (Phi) is 1.81. The van der Waals surface area contributed by atoms with E-state index in [1.54, 1.807) is 0 Å². The van der Waals surface area contributed by atoms with Crippen LogP contribution in [0.1, 0.15) is 11.1 Å². The molecule has 0 saturated heterocycles. The van der Waals surface area contributed by atoms with Gasteiger partial charge >= 0.3 is 0 Å². The lowest BCUT2D eigenvalue weighted by atomic mass is 10.1. The molecule has 2 rings (SSSR count). The highest BCUT2D eigenvalue weighted by atomic mass is 15.5. The number of guanidine groups is 1. The summed E-state index contributed by atoms with van der Waals surface area (Å²) in [7, 11) is 0. The van der Waals surface area contributed by atoms with Gasteiger partial charge in [0, 0.05) is 0 Å². The molecule has 1 aliphatic rings. The van der Waals surface area contributed by atoms with Crippen LogP contribution in [0.3, 0.4) is 0 Å². The quantitative estimate of drug-likeness (QED) is 0.474. The number of benzene rings is 1. The molecule has 0 saturated carbocycles. The number of nitrogens with two attached hydrogens (primary N) is 2. The van der Waals surface area contributed by atoms with Crippen LogP contribution in [-0.4, -0.2) is 11.0 Å². The van der Waals surface area contributed by atoms with Crippen LogP contribution in [-0.2, 0) is 13.1 Å². The minimum atomic E-state index is 0.118. The van der Waals surface area contributed by atoms with Gasteiger partial charge in [-0.05, 0) is 11.1 Å². The summed E-state index contributed by atoms with van der Waals surface area (Å²) in [6, 6.07) is 8.24. The molecule has 4 heteroatoms. The van der Waals surface area contributed by atoms with Crippen molar-refractivity contribution in [3.63, 3.8) is 0 Å². The van der Waals surface area contributed by atoms with Crippen LogP contribution in [0.4, 0.5) is 0 Å². The summed E-state index contributed by atoms with van der Waals surface area (Å²) in [5.41, 5.74) is 13.2. The van der Waals surface area contributed by atoms with Crippen molar-refractivity contribution < 1.29 is 0 Å². The SMILES string of the molecule is NC(N)=NN1Cc2ccccc2C1. The molecular weight excluding hydrogens is 164 g/mol. The Morgan fingerprint density at radius 3 is 2.15 bits per heavy atom. The van der Waals surface area contributed by atoms with Crippen molar-refractivity contribution in [3.8, 4) is 0 Å². The zero-order valence-electron chi connectivity index (χ0n) is 7.27. The zero-order valence-corrected chi connectivity index (χ0v) is 7.27. The third kappa shape index (κ3) is 1.56. The van der Waals surface area contributed by atoms with E-state index < -0.39 is 0 Å². The van der Waals surface area contributed by atoms with E-state index in [4.69, 9.17) is 11.5 Å². The van der Waals surface area contributed by atoms with Gasteiger partial charge in [0.25, 0.3) is 0 Å². The number of hydrazone groups is 1. The van der Waals surface area contributed by atoms with E-state index in [-0.39, 0.29) is 5.96 Å². The van der Waals surface area contributed by atoms with Gasteiger partial charge in [-0.25, -0.2) is 0 Å². The first-order valence-electron chi connectivity index (χ1n) is 4.17. The number of hydrogen-bond acceptors (Lipinski definition) is 2. The summed E-state index contributed by atoms with van der Waals surface area (Å²) in [6.07, 6.45) is 0. The predicted molar refractivity (Wildman–Crippen MR) is 51.5 cm³/mol. The third-order valence-corrected chi connectivity index (χ3v) is 2.08. The van der Waals surface area contributed by atoms with Crippen molar-refractivity contribution >= 4 is 5.96 Å². The van der Waals surface area contributed by atoms with Crippen molar-refractivity contribution in [2.24, 2.45) is 16.6 Å². The smallest absolute Gasteiger partial charge is 0.208 e. The average molecular weight is 176 g/mol. The summed E-state index contributed by atoms with van der Waals surface area (Å²) in [4.78, 5) is 0. The van der Waals surface area contributed by atoms with Crippen LogP contribution < -0.4 is 11.5 Å². The second kappa shape index (κ2) is 2.97. The van der Waals surface area contributed by atoms with Gasteiger partial charge in [-0.2, -0.15) is 0 Å². The van der Waals surface area contributed by atoms with Crippen molar-refractivity contribution in [1.82, 2.24) is 5.01 Å². The van der Waals surface area contributed by atoms with E-state index in [1.807, 2.05) is 17.1 Å². The molecule has 4 N–H and O–H groups in total. The highest BCUT2D eigenvalue weighted by Gasteiger charge is 2.16. The van der Waals surface area contributed by atoms with Crippen LogP contribution in [0.5, 0.6) is 0 Å². The topological polar surface area (TPSA) is 67.6 Å². The maximum absolute atomic E-state index is 5.29. The first kappa shape index (κ1) is 7.91. The van der Waals surface area contributed by atoms with Gasteiger partial charge in [-0.1, -0.05) is 24.3 Å². The fourth-order valence-electron chi connectivity index (χ4n) is 1.55. The molecule has 0 atom stereocenters. The molecule has 1 aromatic rings. The lowest BCUT2D eigenvalue weighted by Crippen LogP contribution is -2.26. The van der Waals surface area contributed by atoms with E-state index in [0.29, 0.717) is 0 Å². The summed E-state index contributed by atoms with van der Waals surface area (Å²) in [5, 5.41) is 5.86. The average Bonchev–Trinajstić information content (AvgIpc) is 2.44. The minimum absolute atomic E-state index is 0.118. The van der Waals surface area contributed by atoms with E-state index in [9.17, 15) is 0 Å². The molecule has 0 aromatic heterocycles. The molecule has 68 valence electrons. The molecule has 1 aromatic carbocycles. The lowest BCUT2D eigenvalue weighted by molar-refractivity contribution is 0.300. The lowest BCUT2D eigenvalue weighted by Gasteiger charge is -2.09. The Hall–Kier alpha value is -1.71. The van der Waals surface area contributed by atoms with Crippen LogP contribution >= 0.6 is 0 Å². The number of nitrogens with zero attached hydrogens (tertiary/aromatic N) is 2. The van der Waals surface area contributed by atoms with Crippen LogP contribution in [0.25, 0.3) is 0 Å². The van der Waals surface area contributed by atoms with Gasteiger partial charge in [0.2, 0.25) is 5.96 Å². The van der Waals surface area contributed by atoms with Gasteiger partial charge in [-0.15, -0.1) is 5.10 Å². The second-order valence-electron chi connectivity index (χ2n) is 3.12. The van der Waals surface area contributed by atoms with Gasteiger partial charge in [0.15, 0.2) is 0 Å². The predicted octanol–water partition coefficient (Wildman–Crippen LogP) is 0.191. The molecule has 0 spiro atoms. The molecular formula is C9H12N4. The molecule has 1 heterocycles. The third-order valence-electron chi connectivity index (χ3n) is 2.08. The largest absolute Gasteiger partial charge is 0.369 e. The molecule has 1 aliphatic heterocycles. The maximum atomic E-state index is 5.29. The highest BCUT2D eigenvalue weighted by molar-refractivity contribution is 5.75. The molecule has 0 bridgehead atoms. The fourth-order valence-corrected chi connectivity index (χ4v) is 1.55. The molecule has 0 radical (unpaired) electrons. The summed E-state index contributed by atoms with van der Waals surface area (Å²) in [5.74, 6) is 0.118.